The van der Waals surface area contributed by atoms with Crippen LogP contribution in [-0.2, 0) is 14.3 Å². The number of aliphatic carboxylic acids is 1. The van der Waals surface area contributed by atoms with Crippen molar-refractivity contribution >= 4 is 23.3 Å². The predicted molar refractivity (Wildman–Crippen MR) is 81.1 cm³/mol. The van der Waals surface area contributed by atoms with Crippen molar-refractivity contribution < 1.29 is 19.4 Å². The number of nitrogens with zero attached hydrogens (tertiary/aromatic N) is 1. The number of esters is 1. The van der Waals surface area contributed by atoms with Crippen molar-refractivity contribution in [2.45, 2.75) is 20.3 Å². The van der Waals surface area contributed by atoms with Crippen LogP contribution in [0.1, 0.15) is 20.3 Å². The first-order valence-corrected chi connectivity index (χ1v) is 6.67. The normalized spacial score (nSPS) is 11.0. The highest BCUT2D eigenvalue weighted by molar-refractivity contribution is 5.78. The molecule has 0 saturated carbocycles. The number of carboxylic acids is 1. The van der Waals surface area contributed by atoms with Crippen LogP contribution in [0.3, 0.4) is 0 Å². The van der Waals surface area contributed by atoms with Crippen LogP contribution in [-0.4, -0.2) is 37.2 Å². The third-order valence-corrected chi connectivity index (χ3v) is 3.20. The van der Waals surface area contributed by atoms with Crippen molar-refractivity contribution in [3.63, 3.8) is 0 Å². The van der Waals surface area contributed by atoms with Crippen molar-refractivity contribution in [2.24, 2.45) is 5.41 Å². The van der Waals surface area contributed by atoms with E-state index in [1.807, 2.05) is 12.1 Å². The summed E-state index contributed by atoms with van der Waals surface area (Å²) in [5.74, 6) is -1.25. The molecule has 0 aliphatic rings. The molecule has 0 bridgehead atoms. The fraction of sp³-hybridized carbons (Fsp3) is 0.467. The van der Waals surface area contributed by atoms with Crippen molar-refractivity contribution in [1.29, 1.82) is 0 Å². The monoisotopic (exact) mass is 294 g/mol. The van der Waals surface area contributed by atoms with Crippen LogP contribution >= 0.6 is 0 Å². The van der Waals surface area contributed by atoms with E-state index in [9.17, 15) is 9.59 Å². The number of nitrogens with two attached hydrogens (primary N) is 1. The van der Waals surface area contributed by atoms with Gasteiger partial charge in [-0.05, 0) is 26.0 Å². The molecule has 1 rings (SSSR count). The summed E-state index contributed by atoms with van der Waals surface area (Å²) in [6, 6.07) is 7.18. The number of carbonyl (C=O) groups excluding carboxylic acids is 1. The topological polar surface area (TPSA) is 92.9 Å². The van der Waals surface area contributed by atoms with Crippen LogP contribution in [0.2, 0.25) is 0 Å². The van der Waals surface area contributed by atoms with Crippen LogP contribution in [0, 0.1) is 5.41 Å². The number of anilines is 2. The SMILES string of the molecule is COC(=O)C(C)(C)CN(CCC(=O)O)c1ccccc1N. The molecule has 0 radical (unpaired) electrons. The van der Waals surface area contributed by atoms with Crippen molar-refractivity contribution in [3.05, 3.63) is 24.3 Å². The summed E-state index contributed by atoms with van der Waals surface area (Å²) < 4.78 is 4.79. The number of nitrogen functional groups attached to an aromatic ring is 1. The fourth-order valence-electron chi connectivity index (χ4n) is 2.11. The smallest absolute Gasteiger partial charge is 0.313 e. The first-order valence-electron chi connectivity index (χ1n) is 6.67. The maximum atomic E-state index is 11.8. The molecule has 0 amide bonds. The fourth-order valence-corrected chi connectivity index (χ4v) is 2.11. The second kappa shape index (κ2) is 6.97. The number of benzene rings is 1. The minimum atomic E-state index is -0.898. The minimum Gasteiger partial charge on any atom is -0.481 e. The zero-order chi connectivity index (χ0) is 16.0. The van der Waals surface area contributed by atoms with Crippen LogP contribution in [0.15, 0.2) is 24.3 Å². The highest BCUT2D eigenvalue weighted by Gasteiger charge is 2.31. The number of hydrogen-bond acceptors (Lipinski definition) is 5. The number of ether oxygens (including phenoxy) is 1. The molecule has 0 aliphatic carbocycles. The molecular formula is C15H22N2O4. The summed E-state index contributed by atoms with van der Waals surface area (Å²) in [5, 5.41) is 8.88. The summed E-state index contributed by atoms with van der Waals surface area (Å²) >= 11 is 0. The lowest BCUT2D eigenvalue weighted by molar-refractivity contribution is -0.150. The van der Waals surface area contributed by atoms with E-state index in [0.717, 1.165) is 5.69 Å². The Morgan fingerprint density at radius 3 is 2.48 bits per heavy atom. The molecule has 0 saturated heterocycles. The zero-order valence-corrected chi connectivity index (χ0v) is 12.6. The Morgan fingerprint density at radius 2 is 1.95 bits per heavy atom. The van der Waals surface area contributed by atoms with E-state index in [-0.39, 0.29) is 18.9 Å². The minimum absolute atomic E-state index is 0.0361. The van der Waals surface area contributed by atoms with E-state index < -0.39 is 11.4 Å². The first-order chi connectivity index (χ1) is 9.77. The third kappa shape index (κ3) is 4.66. The van der Waals surface area contributed by atoms with Crippen molar-refractivity contribution in [1.82, 2.24) is 0 Å². The Balaban J connectivity index is 3.00. The van der Waals surface area contributed by atoms with Gasteiger partial charge in [-0.1, -0.05) is 12.1 Å². The Kier molecular flexibility index (Phi) is 5.58. The van der Waals surface area contributed by atoms with Gasteiger partial charge in [0.15, 0.2) is 0 Å². The molecule has 0 unspecified atom stereocenters. The summed E-state index contributed by atoms with van der Waals surface area (Å²) in [5.41, 5.74) is 6.44. The highest BCUT2D eigenvalue weighted by Crippen LogP contribution is 2.27. The lowest BCUT2D eigenvalue weighted by atomic mass is 9.92. The van der Waals surface area contributed by atoms with Gasteiger partial charge in [0.2, 0.25) is 0 Å². The second-order valence-corrected chi connectivity index (χ2v) is 5.50. The lowest BCUT2D eigenvalue weighted by Gasteiger charge is -2.32. The van der Waals surface area contributed by atoms with Gasteiger partial charge in [-0.2, -0.15) is 0 Å². The van der Waals surface area contributed by atoms with E-state index in [4.69, 9.17) is 15.6 Å². The predicted octanol–water partition coefficient (Wildman–Crippen LogP) is 1.75. The van der Waals surface area contributed by atoms with Gasteiger partial charge >= 0.3 is 11.9 Å². The van der Waals surface area contributed by atoms with Crippen LogP contribution in [0.4, 0.5) is 11.4 Å². The molecule has 116 valence electrons. The molecule has 1 aromatic carbocycles. The van der Waals surface area contributed by atoms with Gasteiger partial charge in [0, 0.05) is 13.1 Å². The van der Waals surface area contributed by atoms with Crippen LogP contribution in [0.25, 0.3) is 0 Å². The summed E-state index contributed by atoms with van der Waals surface area (Å²) in [6.45, 7) is 4.10. The van der Waals surface area contributed by atoms with Gasteiger partial charge < -0.3 is 20.5 Å². The molecular weight excluding hydrogens is 272 g/mol. The number of carboxylic acid groups (broad SMARTS) is 1. The molecule has 0 aromatic heterocycles. The third-order valence-electron chi connectivity index (χ3n) is 3.20. The summed E-state index contributed by atoms with van der Waals surface area (Å²) in [6.07, 6.45) is -0.0361. The molecule has 21 heavy (non-hydrogen) atoms. The number of rotatable bonds is 7. The summed E-state index contributed by atoms with van der Waals surface area (Å²) in [4.78, 5) is 24.5. The molecule has 0 fully saturated rings. The van der Waals surface area contributed by atoms with Gasteiger partial charge in [0.25, 0.3) is 0 Å². The van der Waals surface area contributed by atoms with Gasteiger partial charge in [-0.3, -0.25) is 9.59 Å². The standard InChI is InChI=1S/C15H22N2O4/c1-15(2,14(20)21-3)10-17(9-8-13(18)19)12-7-5-4-6-11(12)16/h4-7H,8-10,16H2,1-3H3,(H,18,19). The molecule has 6 heteroatoms. The van der Waals surface area contributed by atoms with E-state index in [2.05, 4.69) is 0 Å². The van der Waals surface area contributed by atoms with Gasteiger partial charge in [-0.25, -0.2) is 0 Å². The zero-order valence-electron chi connectivity index (χ0n) is 12.6. The average molecular weight is 294 g/mol. The molecule has 0 spiro atoms. The molecule has 0 atom stereocenters. The number of para-hydroxylation sites is 2. The average Bonchev–Trinajstić information content (AvgIpc) is 2.43. The Morgan fingerprint density at radius 1 is 1.33 bits per heavy atom. The Bertz CT molecular complexity index is 514. The Labute approximate surface area is 124 Å². The number of methoxy groups -OCH3 is 1. The van der Waals surface area contributed by atoms with E-state index in [1.54, 1.807) is 30.9 Å². The summed E-state index contributed by atoms with van der Waals surface area (Å²) in [7, 11) is 1.34. The van der Waals surface area contributed by atoms with E-state index in [0.29, 0.717) is 12.2 Å². The number of hydrogen-bond donors (Lipinski definition) is 2. The maximum absolute atomic E-state index is 11.8. The Hall–Kier alpha value is -2.24. The lowest BCUT2D eigenvalue weighted by Crippen LogP contribution is -2.41. The highest BCUT2D eigenvalue weighted by atomic mass is 16.5. The second-order valence-electron chi connectivity index (χ2n) is 5.50. The molecule has 0 heterocycles. The van der Waals surface area contributed by atoms with E-state index >= 15 is 0 Å². The van der Waals surface area contributed by atoms with Gasteiger partial charge in [0.1, 0.15) is 0 Å². The quantitative estimate of drug-likeness (QED) is 0.588. The molecule has 1 aromatic rings. The maximum Gasteiger partial charge on any atom is 0.313 e. The number of carbonyl (C=O) groups is 2. The van der Waals surface area contributed by atoms with Gasteiger partial charge in [0.05, 0.1) is 30.3 Å². The molecule has 0 aliphatic heterocycles. The van der Waals surface area contributed by atoms with Crippen molar-refractivity contribution in [2.75, 3.05) is 30.8 Å². The largest absolute Gasteiger partial charge is 0.481 e. The molecule has 6 nitrogen and oxygen atoms in total. The van der Waals surface area contributed by atoms with Crippen LogP contribution in [0.5, 0.6) is 0 Å². The first kappa shape index (κ1) is 16.8. The molecule has 3 N–H and O–H groups in total. The van der Waals surface area contributed by atoms with Crippen molar-refractivity contribution in [3.8, 4) is 0 Å². The van der Waals surface area contributed by atoms with Crippen LogP contribution < -0.4 is 10.6 Å². The van der Waals surface area contributed by atoms with Gasteiger partial charge in [-0.15, -0.1) is 0 Å². The van der Waals surface area contributed by atoms with E-state index in [1.165, 1.54) is 7.11 Å².